The molecule has 0 bridgehead atoms. The van der Waals surface area contributed by atoms with Gasteiger partial charge < -0.3 is 9.80 Å². The number of rotatable bonds is 8. The van der Waals surface area contributed by atoms with Gasteiger partial charge in [-0.15, -0.1) is 11.3 Å². The van der Waals surface area contributed by atoms with E-state index in [-0.39, 0.29) is 29.7 Å². The molecule has 1 aliphatic carbocycles. The number of hydrogen-bond acceptors (Lipinski definition) is 3. The third kappa shape index (κ3) is 5.47. The maximum absolute atomic E-state index is 9.69. The van der Waals surface area contributed by atoms with Crippen LogP contribution in [0.5, 0.6) is 0 Å². The maximum Gasteiger partial charge on any atom is 0.0714 e. The maximum atomic E-state index is 9.69. The zero-order valence-corrected chi connectivity index (χ0v) is 32.2. The summed E-state index contributed by atoms with van der Waals surface area (Å²) in [4.78, 5) is 4.47. The second kappa shape index (κ2) is 14.1. The van der Waals surface area contributed by atoms with Gasteiger partial charge in [-0.25, -0.2) is 0 Å². The summed E-state index contributed by atoms with van der Waals surface area (Å²) >= 11 is 1.70. The zero-order chi connectivity index (χ0) is 42.8. The van der Waals surface area contributed by atoms with Crippen molar-refractivity contribution in [2.45, 2.75) is 5.41 Å². The quantitative estimate of drug-likeness (QED) is 0.152. The molecule has 2 nitrogen and oxygen atoms in total. The lowest BCUT2D eigenvalue weighted by atomic mass is 9.67. The first kappa shape index (κ1) is 29.1. The van der Waals surface area contributed by atoms with Crippen LogP contribution in [0.3, 0.4) is 0 Å². The molecule has 1 heterocycles. The molecule has 0 atom stereocenters. The fourth-order valence-electron chi connectivity index (χ4n) is 8.91. The van der Waals surface area contributed by atoms with Gasteiger partial charge in [0.1, 0.15) is 0 Å². The van der Waals surface area contributed by atoms with Crippen LogP contribution in [0.15, 0.2) is 230 Å². The van der Waals surface area contributed by atoms with Crippen molar-refractivity contribution >= 4 is 65.6 Å². The highest BCUT2D eigenvalue weighted by atomic mass is 32.1. The number of thiophene rings is 1. The van der Waals surface area contributed by atoms with Gasteiger partial charge in [0.25, 0.3) is 0 Å². The minimum absolute atomic E-state index is 0.223. The molecule has 0 saturated heterocycles. The molecule has 9 aromatic carbocycles. The monoisotopic (exact) mass is 763 g/mol. The van der Waals surface area contributed by atoms with Crippen LogP contribution in [-0.2, 0) is 5.41 Å². The van der Waals surface area contributed by atoms with Crippen LogP contribution in [-0.4, -0.2) is 0 Å². The summed E-state index contributed by atoms with van der Waals surface area (Å²) in [6, 6.07) is 67.2. The third-order valence-electron chi connectivity index (χ3n) is 11.4. The Morgan fingerprint density at radius 2 is 0.810 bits per heavy atom. The molecule has 1 aliphatic rings. The van der Waals surface area contributed by atoms with E-state index in [2.05, 4.69) is 131 Å². The molecule has 0 amide bonds. The largest absolute Gasteiger partial charge is 0.310 e. The van der Waals surface area contributed by atoms with E-state index in [1.165, 1.54) is 0 Å². The Bertz CT molecular complexity index is 3120. The van der Waals surface area contributed by atoms with Gasteiger partial charge in [0.05, 0.1) is 12.3 Å². The predicted octanol–water partition coefficient (Wildman–Crippen LogP) is 15.4. The molecule has 0 spiro atoms. The third-order valence-corrected chi connectivity index (χ3v) is 12.5. The van der Waals surface area contributed by atoms with Gasteiger partial charge in [-0.3, -0.25) is 0 Å². The van der Waals surface area contributed by atoms with Gasteiger partial charge in [0.2, 0.25) is 0 Å². The Hall–Kier alpha value is -7.20. The van der Waals surface area contributed by atoms with Crippen LogP contribution in [0.1, 0.15) is 29.1 Å². The van der Waals surface area contributed by atoms with E-state index in [1.807, 2.05) is 78.9 Å². The van der Waals surface area contributed by atoms with Crippen LogP contribution < -0.4 is 9.80 Å². The van der Waals surface area contributed by atoms with E-state index in [4.69, 9.17) is 4.11 Å². The van der Waals surface area contributed by atoms with E-state index in [1.54, 1.807) is 11.3 Å². The average Bonchev–Trinajstić information content (AvgIpc) is 3.85. The molecule has 0 radical (unpaired) electrons. The first-order chi connectivity index (χ1) is 30.8. The summed E-state index contributed by atoms with van der Waals surface area (Å²) in [5.74, 6) is 0. The molecule has 11 rings (SSSR count). The zero-order valence-electron chi connectivity index (χ0n) is 36.4. The number of para-hydroxylation sites is 4. The topological polar surface area (TPSA) is 6.48 Å². The van der Waals surface area contributed by atoms with Gasteiger partial charge in [-0.1, -0.05) is 145 Å². The fourth-order valence-corrected chi connectivity index (χ4v) is 10.1. The summed E-state index contributed by atoms with van der Waals surface area (Å²) < 4.78 is 48.4. The Morgan fingerprint density at radius 3 is 1.31 bits per heavy atom. The van der Waals surface area contributed by atoms with E-state index < -0.39 is 11.5 Å². The summed E-state index contributed by atoms with van der Waals surface area (Å²) in [5, 5.41) is 2.27. The molecule has 0 N–H and O–H groups in total. The number of nitrogens with zero attached hydrogens (tertiary/aromatic N) is 2. The van der Waals surface area contributed by atoms with E-state index >= 15 is 0 Å². The summed E-state index contributed by atoms with van der Waals surface area (Å²) in [6.07, 6.45) is 0. The van der Waals surface area contributed by atoms with Crippen molar-refractivity contribution in [2.24, 2.45) is 0 Å². The molecule has 58 heavy (non-hydrogen) atoms. The highest BCUT2D eigenvalue weighted by Gasteiger charge is 2.47. The first-order valence-electron chi connectivity index (χ1n) is 21.9. The minimum Gasteiger partial charge on any atom is -0.310 e. The lowest BCUT2D eigenvalue weighted by molar-refractivity contribution is 0.770. The number of anilines is 6. The molecular weight excluding hydrogens is 721 g/mol. The van der Waals surface area contributed by atoms with Gasteiger partial charge in [-0.05, 0) is 118 Å². The highest BCUT2D eigenvalue weighted by Crippen LogP contribution is 2.59. The molecular formula is C55H38N2S. The van der Waals surface area contributed by atoms with Crippen molar-refractivity contribution in [1.82, 2.24) is 0 Å². The van der Waals surface area contributed by atoms with Crippen molar-refractivity contribution in [1.29, 1.82) is 0 Å². The number of fused-ring (bicyclic) bond motifs is 6. The Kier molecular flexibility index (Phi) is 7.06. The normalized spacial score (nSPS) is 13.8. The minimum atomic E-state index is -1.31. The SMILES string of the molecule is [2H]c1c([2H])c([2H])c(C2(c3ccc4c(c3)sc3ccccc34)c3ccc(N(c4ccccc4)c4ccccc4)cc3-c3cc(N(c4ccccc4)c4ccccc4)ccc32)c([2H])c1[2H]. The summed E-state index contributed by atoms with van der Waals surface area (Å²) in [6.45, 7) is 0. The lowest BCUT2D eigenvalue weighted by Crippen LogP contribution is -2.28. The van der Waals surface area contributed by atoms with E-state index in [0.29, 0.717) is 0 Å². The van der Waals surface area contributed by atoms with Crippen molar-refractivity contribution in [3.05, 3.63) is 253 Å². The standard InChI is InChI=1S/C55H38N2S/c1-6-18-39(19-7-1)55(40-30-33-48-47-28-16-17-29-53(47)58-54(48)36-40)51-34-31-45(56(41-20-8-2-9-21-41)42-22-10-3-11-23-42)37-49(51)50-38-46(32-35-52(50)55)57(43-24-12-4-13-25-43)44-26-14-5-15-27-44/h1-38H/i1D,6D,7D,18D,19D. The van der Waals surface area contributed by atoms with Crippen LogP contribution in [0.4, 0.5) is 34.1 Å². The van der Waals surface area contributed by atoms with Gasteiger partial charge >= 0.3 is 0 Å². The molecule has 0 aliphatic heterocycles. The van der Waals surface area contributed by atoms with Gasteiger partial charge in [-0.2, -0.15) is 0 Å². The Labute approximate surface area is 350 Å². The van der Waals surface area contributed by atoms with Crippen molar-refractivity contribution in [3.63, 3.8) is 0 Å². The van der Waals surface area contributed by atoms with Crippen LogP contribution in [0, 0.1) is 0 Å². The Balaban J connectivity index is 1.27. The van der Waals surface area contributed by atoms with Crippen molar-refractivity contribution in [2.75, 3.05) is 9.80 Å². The van der Waals surface area contributed by atoms with Crippen molar-refractivity contribution < 1.29 is 6.85 Å². The molecule has 3 heteroatoms. The number of benzene rings is 9. The fraction of sp³-hybridized carbons (Fsp3) is 0.0182. The summed E-state index contributed by atoms with van der Waals surface area (Å²) in [7, 11) is 0. The average molecular weight is 764 g/mol. The van der Waals surface area contributed by atoms with Crippen LogP contribution >= 0.6 is 11.3 Å². The smallest absolute Gasteiger partial charge is 0.0714 e. The van der Waals surface area contributed by atoms with Gasteiger partial charge in [0.15, 0.2) is 0 Å². The Morgan fingerprint density at radius 1 is 0.362 bits per heavy atom. The molecule has 10 aromatic rings. The molecule has 1 aromatic heterocycles. The second-order valence-electron chi connectivity index (χ2n) is 14.5. The van der Waals surface area contributed by atoms with Gasteiger partial charge in [0, 0.05) is 54.3 Å². The van der Waals surface area contributed by atoms with Crippen LogP contribution in [0.2, 0.25) is 0 Å². The van der Waals surface area contributed by atoms with E-state index in [9.17, 15) is 2.74 Å². The first-order valence-corrected chi connectivity index (χ1v) is 20.3. The molecule has 0 fully saturated rings. The summed E-state index contributed by atoms with van der Waals surface area (Å²) in [5.41, 5.74) is 9.02. The lowest BCUT2D eigenvalue weighted by Gasteiger charge is -2.34. The van der Waals surface area contributed by atoms with Crippen LogP contribution in [0.25, 0.3) is 31.3 Å². The highest BCUT2D eigenvalue weighted by molar-refractivity contribution is 7.25. The molecule has 0 saturated carbocycles. The molecule has 274 valence electrons. The van der Waals surface area contributed by atoms with E-state index in [0.717, 1.165) is 82.1 Å². The molecule has 0 unspecified atom stereocenters. The number of hydrogen-bond donors (Lipinski definition) is 0. The predicted molar refractivity (Wildman–Crippen MR) is 246 cm³/mol. The van der Waals surface area contributed by atoms with Crippen molar-refractivity contribution in [3.8, 4) is 11.1 Å². The second-order valence-corrected chi connectivity index (χ2v) is 15.6.